The molecule has 2 rings (SSSR count). The number of carbonyl (C=O) groups is 2. The van der Waals surface area contributed by atoms with Gasteiger partial charge in [-0.15, -0.1) is 5.10 Å². The summed E-state index contributed by atoms with van der Waals surface area (Å²) in [5.41, 5.74) is 0.312. The second-order valence-corrected chi connectivity index (χ2v) is 3.29. The number of carboxylic acids is 1. The molecule has 0 unspecified atom stereocenters. The van der Waals surface area contributed by atoms with Gasteiger partial charge in [-0.2, -0.15) is 0 Å². The molecule has 0 aromatic carbocycles. The molecule has 0 radical (unpaired) electrons. The third kappa shape index (κ3) is 2.84. The van der Waals surface area contributed by atoms with Crippen LogP contribution in [-0.4, -0.2) is 42.2 Å². The van der Waals surface area contributed by atoms with E-state index >= 15 is 0 Å². The van der Waals surface area contributed by atoms with Crippen molar-refractivity contribution in [2.75, 3.05) is 5.32 Å². The lowest BCUT2D eigenvalue weighted by atomic mass is 10.3. The molecular formula is C9H8N6O3. The van der Waals surface area contributed by atoms with Crippen molar-refractivity contribution in [2.24, 2.45) is 0 Å². The first kappa shape index (κ1) is 11.6. The molecule has 9 heteroatoms. The summed E-state index contributed by atoms with van der Waals surface area (Å²) in [5, 5.41) is 21.5. The van der Waals surface area contributed by atoms with Crippen molar-refractivity contribution in [3.63, 3.8) is 0 Å². The van der Waals surface area contributed by atoms with E-state index in [0.717, 1.165) is 0 Å². The molecular weight excluding hydrogens is 240 g/mol. The molecule has 9 nitrogen and oxygen atoms in total. The molecule has 0 aliphatic carbocycles. The van der Waals surface area contributed by atoms with Crippen molar-refractivity contribution in [2.45, 2.75) is 6.54 Å². The Bertz CT molecular complexity index is 550. The zero-order valence-corrected chi connectivity index (χ0v) is 9.02. The lowest BCUT2D eigenvalue weighted by Crippen LogP contribution is -2.19. The minimum atomic E-state index is -1.12. The van der Waals surface area contributed by atoms with Crippen molar-refractivity contribution < 1.29 is 14.7 Å². The maximum Gasteiger partial charge on any atom is 0.354 e. The molecule has 0 saturated heterocycles. The number of nitrogens with one attached hydrogen (secondary N) is 1. The molecule has 2 aromatic heterocycles. The summed E-state index contributed by atoms with van der Waals surface area (Å²) in [4.78, 5) is 25.8. The Morgan fingerprint density at radius 1 is 1.39 bits per heavy atom. The van der Waals surface area contributed by atoms with Crippen molar-refractivity contribution in [1.82, 2.24) is 25.2 Å². The number of rotatable bonds is 4. The van der Waals surface area contributed by atoms with Crippen LogP contribution in [0.5, 0.6) is 0 Å². The number of aromatic nitrogens is 5. The molecule has 0 fully saturated rings. The minimum absolute atomic E-state index is 0.0340. The summed E-state index contributed by atoms with van der Waals surface area (Å²) in [6.07, 6.45) is 2.58. The standard InChI is InChI=1S/C9H8N6O3/c16-8(4-15-5-11-13-14-15)12-6-1-2-7(9(17)18)10-3-6/h1-3,5H,4H2,(H,12,16)(H,17,18). The normalized spacial score (nSPS) is 10.0. The van der Waals surface area contributed by atoms with Crippen LogP contribution in [0.4, 0.5) is 5.69 Å². The number of carbonyl (C=O) groups excluding carboxylic acids is 1. The quantitative estimate of drug-likeness (QED) is 0.740. The number of carboxylic acid groups (broad SMARTS) is 1. The number of hydrogen-bond donors (Lipinski definition) is 2. The number of tetrazole rings is 1. The van der Waals surface area contributed by atoms with Crippen molar-refractivity contribution >= 4 is 17.6 Å². The highest BCUT2D eigenvalue weighted by Crippen LogP contribution is 2.06. The minimum Gasteiger partial charge on any atom is -0.477 e. The smallest absolute Gasteiger partial charge is 0.354 e. The van der Waals surface area contributed by atoms with Crippen LogP contribution < -0.4 is 5.32 Å². The van der Waals surface area contributed by atoms with Gasteiger partial charge in [-0.3, -0.25) is 4.79 Å². The fourth-order valence-electron chi connectivity index (χ4n) is 1.19. The van der Waals surface area contributed by atoms with Gasteiger partial charge in [0.1, 0.15) is 18.6 Å². The molecule has 2 aromatic rings. The van der Waals surface area contributed by atoms with Gasteiger partial charge < -0.3 is 10.4 Å². The molecule has 2 N–H and O–H groups in total. The van der Waals surface area contributed by atoms with E-state index in [-0.39, 0.29) is 18.1 Å². The van der Waals surface area contributed by atoms with Crippen LogP contribution >= 0.6 is 0 Å². The Labute approximate surface area is 100 Å². The molecule has 0 aliphatic heterocycles. The summed E-state index contributed by atoms with van der Waals surface area (Å²) >= 11 is 0. The Morgan fingerprint density at radius 3 is 2.78 bits per heavy atom. The molecule has 1 amide bonds. The average molecular weight is 248 g/mol. The zero-order chi connectivity index (χ0) is 13.0. The van der Waals surface area contributed by atoms with Crippen LogP contribution in [0.15, 0.2) is 24.7 Å². The first-order chi connectivity index (χ1) is 8.65. The van der Waals surface area contributed by atoms with Crippen LogP contribution in [0, 0.1) is 0 Å². The molecule has 2 heterocycles. The monoisotopic (exact) mass is 248 g/mol. The number of pyridine rings is 1. The second kappa shape index (κ2) is 4.99. The van der Waals surface area contributed by atoms with Gasteiger partial charge in [0.05, 0.1) is 11.9 Å². The third-order valence-electron chi connectivity index (χ3n) is 1.96. The van der Waals surface area contributed by atoms with E-state index < -0.39 is 5.97 Å². The topological polar surface area (TPSA) is 123 Å². The molecule has 0 spiro atoms. The molecule has 92 valence electrons. The molecule has 0 saturated carbocycles. The van der Waals surface area contributed by atoms with Crippen molar-refractivity contribution in [3.8, 4) is 0 Å². The molecule has 0 aliphatic rings. The van der Waals surface area contributed by atoms with Crippen molar-refractivity contribution in [1.29, 1.82) is 0 Å². The third-order valence-corrected chi connectivity index (χ3v) is 1.96. The Morgan fingerprint density at radius 2 is 2.22 bits per heavy atom. The number of anilines is 1. The van der Waals surface area contributed by atoms with E-state index in [1.165, 1.54) is 29.3 Å². The maximum atomic E-state index is 11.5. The largest absolute Gasteiger partial charge is 0.477 e. The van der Waals surface area contributed by atoms with Crippen LogP contribution in [0.3, 0.4) is 0 Å². The van der Waals surface area contributed by atoms with E-state index in [4.69, 9.17) is 5.11 Å². The fourth-order valence-corrected chi connectivity index (χ4v) is 1.19. The highest BCUT2D eigenvalue weighted by atomic mass is 16.4. The van der Waals surface area contributed by atoms with Gasteiger partial charge in [0.2, 0.25) is 5.91 Å². The van der Waals surface area contributed by atoms with Crippen LogP contribution in [0.1, 0.15) is 10.5 Å². The van der Waals surface area contributed by atoms with E-state index in [2.05, 4.69) is 25.8 Å². The molecule has 0 atom stereocenters. The van der Waals surface area contributed by atoms with Gasteiger partial charge in [0, 0.05) is 0 Å². The maximum absolute atomic E-state index is 11.5. The SMILES string of the molecule is O=C(Cn1cnnn1)Nc1ccc(C(=O)O)nc1. The van der Waals surface area contributed by atoms with Gasteiger partial charge in [0.25, 0.3) is 0 Å². The average Bonchev–Trinajstić information content (AvgIpc) is 2.82. The summed E-state index contributed by atoms with van der Waals surface area (Å²) in [7, 11) is 0. The summed E-state index contributed by atoms with van der Waals surface area (Å²) in [6.45, 7) is -0.0340. The van der Waals surface area contributed by atoms with Gasteiger partial charge >= 0.3 is 5.97 Å². The number of aromatic carboxylic acids is 1. The van der Waals surface area contributed by atoms with Gasteiger partial charge in [-0.1, -0.05) is 0 Å². The van der Waals surface area contributed by atoms with Gasteiger partial charge in [0.15, 0.2) is 0 Å². The first-order valence-corrected chi connectivity index (χ1v) is 4.85. The summed E-state index contributed by atoms with van der Waals surface area (Å²) < 4.78 is 1.26. The lowest BCUT2D eigenvalue weighted by molar-refractivity contribution is -0.116. The van der Waals surface area contributed by atoms with Gasteiger partial charge in [-0.25, -0.2) is 14.5 Å². The fraction of sp³-hybridized carbons (Fsp3) is 0.111. The number of hydrogen-bond acceptors (Lipinski definition) is 6. The predicted molar refractivity (Wildman–Crippen MR) is 57.6 cm³/mol. The highest BCUT2D eigenvalue weighted by Gasteiger charge is 2.07. The number of amides is 1. The number of nitrogens with zero attached hydrogens (tertiary/aromatic N) is 5. The lowest BCUT2D eigenvalue weighted by Gasteiger charge is -2.04. The zero-order valence-electron chi connectivity index (χ0n) is 9.02. The summed E-state index contributed by atoms with van der Waals surface area (Å²) in [5.74, 6) is -1.46. The Balaban J connectivity index is 1.97. The van der Waals surface area contributed by atoms with E-state index in [1.807, 2.05) is 0 Å². The van der Waals surface area contributed by atoms with Gasteiger partial charge in [-0.05, 0) is 22.6 Å². The highest BCUT2D eigenvalue weighted by molar-refractivity contribution is 5.91. The summed E-state index contributed by atoms with van der Waals surface area (Å²) in [6, 6.07) is 2.75. The predicted octanol–water partition coefficient (Wildman–Crippen LogP) is -0.595. The molecule has 18 heavy (non-hydrogen) atoms. The Hall–Kier alpha value is -2.84. The van der Waals surface area contributed by atoms with Crippen LogP contribution in [-0.2, 0) is 11.3 Å². The van der Waals surface area contributed by atoms with E-state index in [9.17, 15) is 9.59 Å². The van der Waals surface area contributed by atoms with Crippen molar-refractivity contribution in [3.05, 3.63) is 30.4 Å². The first-order valence-electron chi connectivity index (χ1n) is 4.85. The van der Waals surface area contributed by atoms with E-state index in [1.54, 1.807) is 0 Å². The second-order valence-electron chi connectivity index (χ2n) is 3.29. The van der Waals surface area contributed by atoms with Crippen LogP contribution in [0.2, 0.25) is 0 Å². The van der Waals surface area contributed by atoms with E-state index in [0.29, 0.717) is 5.69 Å². The molecule has 0 bridgehead atoms. The Kier molecular flexibility index (Phi) is 3.23. The van der Waals surface area contributed by atoms with Crippen LogP contribution in [0.25, 0.3) is 0 Å².